The molecule has 1 fully saturated rings. The molecule has 0 aliphatic heterocycles. The second kappa shape index (κ2) is 8.86. The van der Waals surface area contributed by atoms with Crippen LogP contribution in [0.1, 0.15) is 69.9 Å². The number of hydrogen-bond acceptors (Lipinski definition) is 3. The molecule has 1 aromatic rings. The van der Waals surface area contributed by atoms with E-state index in [1.54, 1.807) is 0 Å². The molecule has 0 atom stereocenters. The average Bonchev–Trinajstić information content (AvgIpc) is 2.62. The van der Waals surface area contributed by atoms with Gasteiger partial charge in [0.1, 0.15) is 5.75 Å². The van der Waals surface area contributed by atoms with Crippen LogP contribution in [0.2, 0.25) is 0 Å². The maximum absolute atomic E-state index is 9.88. The van der Waals surface area contributed by atoms with Crippen molar-refractivity contribution in [3.05, 3.63) is 34.9 Å². The number of ether oxygens (including phenoxy) is 1. The largest absolute Gasteiger partial charge is 0.490 e. The van der Waals surface area contributed by atoms with E-state index in [0.29, 0.717) is 12.6 Å². The molecular formula is C22H33NO2. The third-order valence-electron chi connectivity index (χ3n) is 5.73. The minimum absolute atomic E-state index is 0.396. The quantitative estimate of drug-likeness (QED) is 0.667. The fourth-order valence-corrected chi connectivity index (χ4v) is 4.15. The molecule has 3 rings (SSSR count). The van der Waals surface area contributed by atoms with Crippen molar-refractivity contribution in [1.29, 1.82) is 0 Å². The molecule has 0 saturated heterocycles. The van der Waals surface area contributed by atoms with E-state index in [-0.39, 0.29) is 0 Å². The molecule has 0 radical (unpaired) electrons. The topological polar surface area (TPSA) is 32.7 Å². The number of hydroxylamine groups is 2. The van der Waals surface area contributed by atoms with Crippen molar-refractivity contribution in [2.24, 2.45) is 5.92 Å². The Labute approximate surface area is 152 Å². The van der Waals surface area contributed by atoms with Crippen LogP contribution in [0.5, 0.6) is 5.75 Å². The molecule has 2 aliphatic rings. The summed E-state index contributed by atoms with van der Waals surface area (Å²) in [7, 11) is 0. The van der Waals surface area contributed by atoms with E-state index in [1.807, 2.05) is 0 Å². The summed E-state index contributed by atoms with van der Waals surface area (Å²) in [6, 6.07) is 6.53. The van der Waals surface area contributed by atoms with Crippen LogP contribution in [0.3, 0.4) is 0 Å². The van der Waals surface area contributed by atoms with Gasteiger partial charge in [-0.2, -0.15) is 5.06 Å². The van der Waals surface area contributed by atoms with Gasteiger partial charge in [0.25, 0.3) is 0 Å². The molecule has 0 unspecified atom stereocenters. The van der Waals surface area contributed by atoms with Crippen molar-refractivity contribution in [2.45, 2.75) is 71.3 Å². The summed E-state index contributed by atoms with van der Waals surface area (Å²) in [5.74, 6) is 1.94. The molecule has 0 amide bonds. The van der Waals surface area contributed by atoms with Gasteiger partial charge < -0.3 is 9.94 Å². The third-order valence-corrected chi connectivity index (χ3v) is 5.73. The normalized spacial score (nSPS) is 23.3. The van der Waals surface area contributed by atoms with Crippen LogP contribution in [0.4, 0.5) is 0 Å². The van der Waals surface area contributed by atoms with Crippen LogP contribution < -0.4 is 4.74 Å². The summed E-state index contributed by atoms with van der Waals surface area (Å²) in [5, 5.41) is 11.3. The molecule has 0 spiro atoms. The highest BCUT2D eigenvalue weighted by Crippen LogP contribution is 2.32. The van der Waals surface area contributed by atoms with E-state index in [0.717, 1.165) is 37.5 Å². The fraction of sp³-hybridized carbons (Fsp3) is 0.636. The summed E-state index contributed by atoms with van der Waals surface area (Å²) in [6.07, 6.45) is 12.0. The first kappa shape index (κ1) is 18.5. The van der Waals surface area contributed by atoms with Crippen LogP contribution >= 0.6 is 0 Å². The van der Waals surface area contributed by atoms with Crippen molar-refractivity contribution in [3.8, 4) is 5.75 Å². The lowest BCUT2D eigenvalue weighted by Crippen LogP contribution is -2.24. The van der Waals surface area contributed by atoms with E-state index in [9.17, 15) is 5.21 Å². The van der Waals surface area contributed by atoms with Crippen LogP contribution in [0, 0.1) is 5.92 Å². The van der Waals surface area contributed by atoms with E-state index < -0.39 is 0 Å². The molecular weight excluding hydrogens is 310 g/mol. The first-order valence-electron chi connectivity index (χ1n) is 10.1. The summed E-state index contributed by atoms with van der Waals surface area (Å²) < 4.78 is 6.27. The number of rotatable bonds is 7. The highest BCUT2D eigenvalue weighted by molar-refractivity contribution is 5.61. The maximum atomic E-state index is 9.88. The Hall–Kier alpha value is -1.32. The first-order valence-corrected chi connectivity index (χ1v) is 10.1. The Morgan fingerprint density at radius 2 is 1.92 bits per heavy atom. The minimum atomic E-state index is 0.396. The number of hydrogen-bond donors (Lipinski definition) is 1. The van der Waals surface area contributed by atoms with Gasteiger partial charge in [0.2, 0.25) is 0 Å². The summed E-state index contributed by atoms with van der Waals surface area (Å²) in [6.45, 7) is 5.78. The number of fused-ring (bicyclic) bond motifs is 1. The van der Waals surface area contributed by atoms with Crippen LogP contribution in [0.25, 0.3) is 6.08 Å². The van der Waals surface area contributed by atoms with Gasteiger partial charge in [-0.15, -0.1) is 0 Å². The van der Waals surface area contributed by atoms with Crippen molar-refractivity contribution in [2.75, 3.05) is 13.1 Å². The molecule has 0 bridgehead atoms. The molecule has 0 heterocycles. The fourth-order valence-electron chi connectivity index (χ4n) is 4.15. The molecule has 1 aromatic carbocycles. The summed E-state index contributed by atoms with van der Waals surface area (Å²) in [4.78, 5) is 0. The SMILES string of the molecule is CCCN(O)CC1=Cc2ccc(OC3CCC(CC)CC3)cc2CC1. The number of aryl methyl sites for hydroxylation is 1. The van der Waals surface area contributed by atoms with Crippen molar-refractivity contribution >= 4 is 6.08 Å². The standard InChI is InChI=1S/C22H33NO2/c1-3-13-23(24)16-18-5-8-20-15-22(12-9-19(20)14-18)25-21-10-6-17(4-2)7-11-21/h9,12,14-15,17,21,24H,3-8,10-11,13,16H2,1-2H3. The smallest absolute Gasteiger partial charge is 0.120 e. The Bertz CT molecular complexity index is 588. The predicted molar refractivity (Wildman–Crippen MR) is 103 cm³/mol. The zero-order valence-electron chi connectivity index (χ0n) is 15.8. The molecule has 1 saturated carbocycles. The third kappa shape index (κ3) is 5.08. The predicted octanol–water partition coefficient (Wildman–Crippen LogP) is 5.47. The van der Waals surface area contributed by atoms with E-state index in [4.69, 9.17) is 4.74 Å². The summed E-state index contributed by atoms with van der Waals surface area (Å²) >= 11 is 0. The second-order valence-corrected chi connectivity index (χ2v) is 7.72. The molecule has 1 N–H and O–H groups in total. The van der Waals surface area contributed by atoms with Gasteiger partial charge in [-0.1, -0.05) is 38.0 Å². The number of nitrogens with zero attached hydrogens (tertiary/aromatic N) is 1. The zero-order chi connectivity index (χ0) is 17.6. The molecule has 2 aliphatic carbocycles. The van der Waals surface area contributed by atoms with Crippen LogP contribution in [-0.2, 0) is 6.42 Å². The van der Waals surface area contributed by atoms with Gasteiger partial charge in [-0.25, -0.2) is 0 Å². The molecule has 25 heavy (non-hydrogen) atoms. The summed E-state index contributed by atoms with van der Waals surface area (Å²) in [5.41, 5.74) is 3.98. The Kier molecular flexibility index (Phi) is 6.55. The van der Waals surface area contributed by atoms with Gasteiger partial charge in [0.15, 0.2) is 0 Å². The second-order valence-electron chi connectivity index (χ2n) is 7.72. The zero-order valence-corrected chi connectivity index (χ0v) is 15.8. The lowest BCUT2D eigenvalue weighted by molar-refractivity contribution is -0.0823. The van der Waals surface area contributed by atoms with E-state index in [1.165, 1.54) is 53.9 Å². The van der Waals surface area contributed by atoms with Gasteiger partial charge in [0, 0.05) is 13.1 Å². The Morgan fingerprint density at radius 3 is 2.64 bits per heavy atom. The van der Waals surface area contributed by atoms with E-state index >= 15 is 0 Å². The van der Waals surface area contributed by atoms with Crippen LogP contribution in [-0.4, -0.2) is 29.5 Å². The highest BCUT2D eigenvalue weighted by atomic mass is 16.5. The van der Waals surface area contributed by atoms with Crippen molar-refractivity contribution < 1.29 is 9.94 Å². The highest BCUT2D eigenvalue weighted by Gasteiger charge is 2.21. The monoisotopic (exact) mass is 343 g/mol. The number of benzene rings is 1. The van der Waals surface area contributed by atoms with Crippen molar-refractivity contribution in [1.82, 2.24) is 5.06 Å². The maximum Gasteiger partial charge on any atom is 0.120 e. The molecule has 3 nitrogen and oxygen atoms in total. The average molecular weight is 344 g/mol. The van der Waals surface area contributed by atoms with Crippen molar-refractivity contribution in [3.63, 3.8) is 0 Å². The van der Waals surface area contributed by atoms with Gasteiger partial charge >= 0.3 is 0 Å². The van der Waals surface area contributed by atoms with Gasteiger partial charge in [-0.05, 0) is 74.1 Å². The lowest BCUT2D eigenvalue weighted by Gasteiger charge is -2.28. The molecule has 0 aromatic heterocycles. The van der Waals surface area contributed by atoms with E-state index in [2.05, 4.69) is 38.1 Å². The minimum Gasteiger partial charge on any atom is -0.490 e. The Morgan fingerprint density at radius 1 is 1.12 bits per heavy atom. The van der Waals surface area contributed by atoms with Crippen LogP contribution in [0.15, 0.2) is 23.8 Å². The first-order chi connectivity index (χ1) is 12.2. The van der Waals surface area contributed by atoms with Gasteiger partial charge in [0.05, 0.1) is 6.10 Å². The van der Waals surface area contributed by atoms with Gasteiger partial charge in [-0.3, -0.25) is 0 Å². The Balaban J connectivity index is 1.59. The lowest BCUT2D eigenvalue weighted by atomic mass is 9.86. The molecule has 3 heteroatoms. The molecule has 138 valence electrons.